The lowest BCUT2D eigenvalue weighted by molar-refractivity contribution is 0.381. The van der Waals surface area contributed by atoms with Gasteiger partial charge in [0.1, 0.15) is 0 Å². The first-order valence-corrected chi connectivity index (χ1v) is 2.56. The Hall–Kier alpha value is -0.440. The van der Waals surface area contributed by atoms with Crippen LogP contribution in [0.3, 0.4) is 0 Å². The predicted octanol–water partition coefficient (Wildman–Crippen LogP) is 0.820. The zero-order valence-electron chi connectivity index (χ0n) is 3.76. The van der Waals surface area contributed by atoms with Gasteiger partial charge in [-0.1, -0.05) is 11.6 Å². The van der Waals surface area contributed by atoms with Crippen LogP contribution in [-0.4, -0.2) is 17.3 Å². The van der Waals surface area contributed by atoms with Gasteiger partial charge in [-0.3, -0.25) is 0 Å². The maximum atomic E-state index is 9.39. The average Bonchev–Trinajstić information content (AvgIpc) is 1.68. The summed E-state index contributed by atoms with van der Waals surface area (Å²) in [6.45, 7) is 0. The van der Waals surface area contributed by atoms with E-state index in [1.54, 1.807) is 0 Å². The summed E-state index contributed by atoms with van der Waals surface area (Å²) >= 11 is 9.35. The molecule has 0 aliphatic carbocycles. The molecule has 3 nitrogen and oxygen atoms in total. The predicted molar refractivity (Wildman–Crippen MR) is 32.5 cm³/mol. The van der Waals surface area contributed by atoms with E-state index in [0.29, 0.717) is 0 Å². The summed E-state index contributed by atoms with van der Waals surface area (Å²) < 4.78 is 4.35. The summed E-state index contributed by atoms with van der Waals surface area (Å²) in [7, 11) is 0. The molecule has 0 atom stereocenters. The van der Waals surface area contributed by atoms with E-state index < -0.39 is 0 Å². The second-order valence-electron chi connectivity index (χ2n) is 0.722. The lowest BCUT2D eigenvalue weighted by Gasteiger charge is -1.90. The Morgan fingerprint density at radius 1 is 2.00 bits per heavy atom. The van der Waals surface area contributed by atoms with Gasteiger partial charge in [-0.15, -0.1) is 4.99 Å². The molecule has 44 valence electrons. The largest absolute Gasteiger partial charge is 0.453 e. The number of nitrogens with zero attached hydrogens (tertiary/aromatic N) is 1. The van der Waals surface area contributed by atoms with Crippen LogP contribution in [0.5, 0.6) is 0 Å². The van der Waals surface area contributed by atoms with Crippen molar-refractivity contribution >= 4 is 35.1 Å². The van der Waals surface area contributed by atoms with Crippen molar-refractivity contribution in [3.63, 3.8) is 0 Å². The van der Waals surface area contributed by atoms with Gasteiger partial charge in [0.05, 0.1) is 0 Å². The zero-order valence-corrected chi connectivity index (χ0v) is 5.33. The highest BCUT2D eigenvalue weighted by Crippen LogP contribution is 1.84. The molecule has 5 heteroatoms. The summed E-state index contributed by atoms with van der Waals surface area (Å²) in [5.74, 6) is 0. The zero-order chi connectivity index (χ0) is 6.41. The van der Waals surface area contributed by atoms with Crippen LogP contribution in [0.25, 0.3) is 0 Å². The monoisotopic (exact) mass is 151 g/mol. The molecule has 0 heterocycles. The lowest BCUT2D eigenvalue weighted by atomic mass is 11.2. The van der Waals surface area contributed by atoms with Gasteiger partial charge in [0.15, 0.2) is 6.07 Å². The Balaban J connectivity index is 3.49. The molecule has 0 spiro atoms. The average molecular weight is 152 g/mol. The van der Waals surface area contributed by atoms with Gasteiger partial charge in [-0.05, 0) is 12.2 Å². The fourth-order valence-corrected chi connectivity index (χ4v) is 0.380. The van der Waals surface area contributed by atoms with Crippen LogP contribution in [0.15, 0.2) is 4.99 Å². The van der Waals surface area contributed by atoms with Gasteiger partial charge >= 0.3 is 0 Å². The number of thiocarbonyl (C=S) groups is 1. The van der Waals surface area contributed by atoms with Gasteiger partial charge < -0.3 is 4.74 Å². The molecule has 8 heavy (non-hydrogen) atoms. The van der Waals surface area contributed by atoms with Crippen LogP contribution < -0.4 is 0 Å². The third-order valence-corrected chi connectivity index (χ3v) is 0.633. The third-order valence-electron chi connectivity index (χ3n) is 0.315. The number of isocyanates is 1. The van der Waals surface area contributed by atoms with Crippen LogP contribution in [-0.2, 0) is 9.53 Å². The van der Waals surface area contributed by atoms with Gasteiger partial charge in [0.25, 0.3) is 5.17 Å². The Bertz CT molecular complexity index is 131. The minimum Gasteiger partial charge on any atom is -0.453 e. The minimum absolute atomic E-state index is 0.0932. The molecule has 0 saturated carbocycles. The van der Waals surface area contributed by atoms with E-state index in [-0.39, 0.29) is 11.2 Å². The number of halogens is 1. The summed E-state index contributed by atoms with van der Waals surface area (Å²) in [6.07, 6.45) is 1.20. The summed E-state index contributed by atoms with van der Waals surface area (Å²) in [4.78, 5) is 12.3. The van der Waals surface area contributed by atoms with E-state index in [4.69, 9.17) is 11.6 Å². The number of hydrogen-bond acceptors (Lipinski definition) is 3. The number of aliphatic imine (C=N–C) groups is 1. The smallest absolute Gasteiger partial charge is 0.295 e. The number of hydrogen-bond donors (Lipinski definition) is 0. The topological polar surface area (TPSA) is 38.7 Å². The molecular weight excluding hydrogens is 150 g/mol. The van der Waals surface area contributed by atoms with Crippen molar-refractivity contribution in [3.8, 4) is 0 Å². The molecule has 0 aromatic rings. The summed E-state index contributed by atoms with van der Waals surface area (Å²) in [6, 6.07) is -0.0932. The van der Waals surface area contributed by atoms with E-state index in [1.165, 1.54) is 6.08 Å². The van der Waals surface area contributed by atoms with Crippen molar-refractivity contribution in [2.45, 2.75) is 0 Å². The number of ether oxygens (including phenoxy) is 1. The molecule has 0 aliphatic heterocycles. The van der Waals surface area contributed by atoms with E-state index in [9.17, 15) is 4.79 Å². The van der Waals surface area contributed by atoms with Crippen molar-refractivity contribution in [2.75, 3.05) is 6.07 Å². The maximum absolute atomic E-state index is 9.39. The molecule has 0 N–H and O–H groups in total. The van der Waals surface area contributed by atoms with Crippen LogP contribution >= 0.6 is 23.8 Å². The molecule has 0 aromatic heterocycles. The number of alkyl halides is 1. The Labute approximate surface area is 56.3 Å². The van der Waals surface area contributed by atoms with E-state index in [0.717, 1.165) is 0 Å². The van der Waals surface area contributed by atoms with Crippen LogP contribution in [0.1, 0.15) is 0 Å². The van der Waals surface area contributed by atoms with Crippen LogP contribution in [0.2, 0.25) is 0 Å². The van der Waals surface area contributed by atoms with E-state index >= 15 is 0 Å². The highest BCUT2D eigenvalue weighted by atomic mass is 35.5. The summed E-state index contributed by atoms with van der Waals surface area (Å²) in [5, 5.41) is -0.185. The van der Waals surface area contributed by atoms with Gasteiger partial charge in [-0.25, -0.2) is 4.79 Å². The van der Waals surface area contributed by atoms with Crippen LogP contribution in [0, 0.1) is 0 Å². The molecule has 0 amide bonds. The van der Waals surface area contributed by atoms with Crippen molar-refractivity contribution in [1.29, 1.82) is 0 Å². The first-order chi connectivity index (χ1) is 3.81. The van der Waals surface area contributed by atoms with Gasteiger partial charge in [-0.2, -0.15) is 0 Å². The highest BCUT2D eigenvalue weighted by Gasteiger charge is 1.86. The lowest BCUT2D eigenvalue weighted by Crippen LogP contribution is -1.93. The Kier molecular flexibility index (Phi) is 4.45. The van der Waals surface area contributed by atoms with Crippen molar-refractivity contribution in [1.82, 2.24) is 0 Å². The van der Waals surface area contributed by atoms with Crippen LogP contribution in [0.4, 0.5) is 0 Å². The first-order valence-electron chi connectivity index (χ1n) is 1.62. The molecule has 0 unspecified atom stereocenters. The highest BCUT2D eigenvalue weighted by molar-refractivity contribution is 7.80. The SMILES string of the molecule is O=C=NC(=S)OCCl. The molecule has 0 rings (SSSR count). The summed E-state index contributed by atoms with van der Waals surface area (Å²) in [5.41, 5.74) is 0. The van der Waals surface area contributed by atoms with Crippen molar-refractivity contribution in [2.24, 2.45) is 4.99 Å². The molecule has 0 bridgehead atoms. The fourth-order valence-electron chi connectivity index (χ4n) is 0.116. The first kappa shape index (κ1) is 7.56. The number of carbonyl (C=O) groups excluding carboxylic acids is 1. The van der Waals surface area contributed by atoms with Crippen molar-refractivity contribution < 1.29 is 9.53 Å². The molecule has 0 aromatic carbocycles. The van der Waals surface area contributed by atoms with Crippen molar-refractivity contribution in [3.05, 3.63) is 0 Å². The quantitative estimate of drug-likeness (QED) is 0.241. The fraction of sp³-hybridized carbons (Fsp3) is 0.333. The van der Waals surface area contributed by atoms with E-state index in [1.807, 2.05) is 0 Å². The molecule has 0 saturated heterocycles. The molecule has 0 radical (unpaired) electrons. The normalized spacial score (nSPS) is 7.12. The Morgan fingerprint density at radius 2 is 2.62 bits per heavy atom. The third kappa shape index (κ3) is 3.74. The standard InChI is InChI=1S/C3H2ClNO2S/c4-1-7-3(8)5-2-6/h1H2. The number of rotatable bonds is 1. The molecule has 0 fully saturated rings. The minimum atomic E-state index is -0.185. The Morgan fingerprint density at radius 3 is 3.00 bits per heavy atom. The second kappa shape index (κ2) is 4.71. The molecular formula is C3H2ClNO2S. The van der Waals surface area contributed by atoms with Gasteiger partial charge in [0, 0.05) is 0 Å². The van der Waals surface area contributed by atoms with Gasteiger partial charge in [0.2, 0.25) is 6.08 Å². The maximum Gasteiger partial charge on any atom is 0.295 e. The second-order valence-corrected chi connectivity index (χ2v) is 1.29. The van der Waals surface area contributed by atoms with E-state index in [2.05, 4.69) is 21.9 Å². The molecule has 0 aliphatic rings.